The average Bonchev–Trinajstić information content (AvgIpc) is 3.18. The number of nitrogens with one attached hydrogen (secondary N) is 2. The van der Waals surface area contributed by atoms with E-state index >= 15 is 0 Å². The molecule has 0 atom stereocenters. The van der Waals surface area contributed by atoms with Gasteiger partial charge >= 0.3 is 0 Å². The van der Waals surface area contributed by atoms with Crippen molar-refractivity contribution in [2.45, 2.75) is 51.6 Å². The summed E-state index contributed by atoms with van der Waals surface area (Å²) in [5.41, 5.74) is 2.33. The predicted octanol–water partition coefficient (Wildman–Crippen LogP) is 3.29. The topological polar surface area (TPSA) is 73.4 Å². The molecular formula is C24H34N6O. The van der Waals surface area contributed by atoms with Crippen LogP contribution in [0.4, 0.5) is 11.8 Å². The number of piperidine rings is 1. The molecule has 0 unspecified atom stereocenters. The van der Waals surface area contributed by atoms with Crippen LogP contribution in [0, 0.1) is 6.92 Å². The summed E-state index contributed by atoms with van der Waals surface area (Å²) in [6.45, 7) is 7.70. The van der Waals surface area contributed by atoms with Crippen LogP contribution < -0.4 is 10.6 Å². The third kappa shape index (κ3) is 6.40. The fourth-order valence-electron chi connectivity index (χ4n) is 4.42. The van der Waals surface area contributed by atoms with E-state index in [0.717, 1.165) is 76.5 Å². The van der Waals surface area contributed by atoms with Gasteiger partial charge in [0.05, 0.1) is 0 Å². The first-order valence-corrected chi connectivity index (χ1v) is 11.6. The van der Waals surface area contributed by atoms with E-state index in [4.69, 9.17) is 0 Å². The number of nitrogens with zero attached hydrogens (tertiary/aromatic N) is 4. The van der Waals surface area contributed by atoms with Gasteiger partial charge in [0.15, 0.2) is 0 Å². The molecule has 2 saturated heterocycles. The van der Waals surface area contributed by atoms with E-state index in [-0.39, 0.29) is 5.91 Å². The molecule has 0 aliphatic carbocycles. The summed E-state index contributed by atoms with van der Waals surface area (Å²) in [5, 5.41) is 6.94. The summed E-state index contributed by atoms with van der Waals surface area (Å²) in [6, 6.07) is 13.1. The molecule has 7 nitrogen and oxygen atoms in total. The van der Waals surface area contributed by atoms with Crippen LogP contribution in [0.3, 0.4) is 0 Å². The zero-order chi connectivity index (χ0) is 21.5. The molecule has 2 aromatic rings. The lowest BCUT2D eigenvalue weighted by Crippen LogP contribution is -2.38. The van der Waals surface area contributed by atoms with E-state index in [9.17, 15) is 4.79 Å². The molecule has 2 aliphatic heterocycles. The number of anilines is 2. The minimum Gasteiger partial charge on any atom is -0.367 e. The number of rotatable bonds is 9. The van der Waals surface area contributed by atoms with E-state index in [1.807, 2.05) is 17.9 Å². The number of aryl methyl sites for hydroxylation is 1. The van der Waals surface area contributed by atoms with Crippen LogP contribution >= 0.6 is 0 Å². The number of aromatic nitrogens is 2. The van der Waals surface area contributed by atoms with Gasteiger partial charge in [0, 0.05) is 63.5 Å². The lowest BCUT2D eigenvalue weighted by atomic mass is 10.0. The third-order valence-electron chi connectivity index (χ3n) is 6.10. The van der Waals surface area contributed by atoms with E-state index < -0.39 is 0 Å². The number of hydrogen-bond acceptors (Lipinski definition) is 6. The van der Waals surface area contributed by atoms with Crippen molar-refractivity contribution in [1.82, 2.24) is 19.8 Å². The van der Waals surface area contributed by atoms with Crippen LogP contribution in [0.25, 0.3) is 0 Å². The van der Waals surface area contributed by atoms with Crippen LogP contribution in [0.15, 0.2) is 36.4 Å². The number of carbonyl (C=O) groups excluding carboxylic acids is 1. The largest absolute Gasteiger partial charge is 0.367 e. The van der Waals surface area contributed by atoms with Crippen molar-refractivity contribution in [3.8, 4) is 0 Å². The van der Waals surface area contributed by atoms with E-state index in [1.54, 1.807) is 0 Å². The van der Waals surface area contributed by atoms with Crippen molar-refractivity contribution < 1.29 is 4.79 Å². The summed E-state index contributed by atoms with van der Waals surface area (Å²) >= 11 is 0. The zero-order valence-corrected chi connectivity index (χ0v) is 18.5. The molecule has 1 amide bonds. The molecule has 1 aromatic carbocycles. The third-order valence-corrected chi connectivity index (χ3v) is 6.10. The van der Waals surface area contributed by atoms with Crippen LogP contribution in [-0.2, 0) is 11.3 Å². The fourth-order valence-corrected chi connectivity index (χ4v) is 4.42. The Bertz CT molecular complexity index is 850. The molecule has 0 saturated carbocycles. The molecule has 0 radical (unpaired) electrons. The van der Waals surface area contributed by atoms with E-state index in [2.05, 4.69) is 55.8 Å². The lowest BCUT2D eigenvalue weighted by Gasteiger charge is -2.32. The van der Waals surface area contributed by atoms with Gasteiger partial charge in [0.25, 0.3) is 0 Å². The molecule has 1 aromatic heterocycles. The molecule has 4 rings (SSSR count). The maximum Gasteiger partial charge on any atom is 0.224 e. The highest BCUT2D eigenvalue weighted by Gasteiger charge is 2.20. The minimum absolute atomic E-state index is 0.285. The fraction of sp³-hybridized carbons (Fsp3) is 0.542. The Morgan fingerprint density at radius 3 is 2.65 bits per heavy atom. The van der Waals surface area contributed by atoms with E-state index in [0.29, 0.717) is 18.4 Å². The predicted molar refractivity (Wildman–Crippen MR) is 124 cm³/mol. The summed E-state index contributed by atoms with van der Waals surface area (Å²) < 4.78 is 0. The lowest BCUT2D eigenvalue weighted by molar-refractivity contribution is -0.127. The first-order valence-electron chi connectivity index (χ1n) is 11.6. The van der Waals surface area contributed by atoms with Gasteiger partial charge in [0.1, 0.15) is 5.82 Å². The summed E-state index contributed by atoms with van der Waals surface area (Å²) in [4.78, 5) is 25.4. The first kappa shape index (κ1) is 21.6. The van der Waals surface area contributed by atoms with Gasteiger partial charge in [-0.15, -0.1) is 0 Å². The Hall–Kier alpha value is -2.67. The second-order valence-electron chi connectivity index (χ2n) is 8.66. The van der Waals surface area contributed by atoms with Gasteiger partial charge in [-0.25, -0.2) is 4.98 Å². The minimum atomic E-state index is 0.285. The maximum atomic E-state index is 11.7. The van der Waals surface area contributed by atoms with Gasteiger partial charge in [-0.3, -0.25) is 9.69 Å². The Labute approximate surface area is 185 Å². The van der Waals surface area contributed by atoms with Gasteiger partial charge in [-0.2, -0.15) is 4.98 Å². The molecule has 7 heteroatoms. The highest BCUT2D eigenvalue weighted by atomic mass is 16.2. The molecular weight excluding hydrogens is 388 g/mol. The monoisotopic (exact) mass is 422 g/mol. The highest BCUT2D eigenvalue weighted by Crippen LogP contribution is 2.19. The van der Waals surface area contributed by atoms with Gasteiger partial charge < -0.3 is 15.5 Å². The summed E-state index contributed by atoms with van der Waals surface area (Å²) in [6.07, 6.45) is 4.83. The molecule has 3 heterocycles. The smallest absolute Gasteiger partial charge is 0.224 e. The maximum absolute atomic E-state index is 11.7. The van der Waals surface area contributed by atoms with Crippen molar-refractivity contribution in [1.29, 1.82) is 0 Å². The molecule has 2 aliphatic rings. The van der Waals surface area contributed by atoms with Crippen LogP contribution in [-0.4, -0.2) is 64.4 Å². The second-order valence-corrected chi connectivity index (χ2v) is 8.66. The standard InChI is InChI=1S/C24H34N6O/c1-19-17-22(28-24(26-19)25-12-6-14-30-13-5-9-23(30)31)27-21-10-15-29(16-11-21)18-20-7-3-2-4-8-20/h2-4,7-8,17,21H,5-6,9-16,18H2,1H3,(H2,25,26,27,28). The Morgan fingerprint density at radius 1 is 1.10 bits per heavy atom. The van der Waals surface area contributed by atoms with Crippen molar-refractivity contribution >= 4 is 17.7 Å². The molecule has 166 valence electrons. The number of carbonyl (C=O) groups is 1. The molecule has 2 fully saturated rings. The van der Waals surface area contributed by atoms with Gasteiger partial charge in [-0.05, 0) is 38.2 Å². The van der Waals surface area contributed by atoms with E-state index in [1.165, 1.54) is 5.56 Å². The van der Waals surface area contributed by atoms with Crippen molar-refractivity contribution in [3.63, 3.8) is 0 Å². The first-order chi connectivity index (χ1) is 15.2. The Kier molecular flexibility index (Phi) is 7.35. The number of hydrogen-bond donors (Lipinski definition) is 2. The van der Waals surface area contributed by atoms with Gasteiger partial charge in [-0.1, -0.05) is 30.3 Å². The number of likely N-dealkylation sites (tertiary alicyclic amines) is 2. The average molecular weight is 423 g/mol. The second kappa shape index (κ2) is 10.6. The Morgan fingerprint density at radius 2 is 1.90 bits per heavy atom. The van der Waals surface area contributed by atoms with Crippen molar-refractivity contribution in [3.05, 3.63) is 47.7 Å². The quantitative estimate of drug-likeness (QED) is 0.604. The molecule has 31 heavy (non-hydrogen) atoms. The molecule has 0 spiro atoms. The number of benzene rings is 1. The number of amides is 1. The SMILES string of the molecule is Cc1cc(NC2CCN(Cc3ccccc3)CC2)nc(NCCCN2CCCC2=O)n1. The van der Waals surface area contributed by atoms with Crippen molar-refractivity contribution in [2.24, 2.45) is 0 Å². The summed E-state index contributed by atoms with van der Waals surface area (Å²) in [5.74, 6) is 1.84. The van der Waals surface area contributed by atoms with Gasteiger partial charge in [0.2, 0.25) is 11.9 Å². The van der Waals surface area contributed by atoms with Crippen LogP contribution in [0.5, 0.6) is 0 Å². The molecule has 2 N–H and O–H groups in total. The van der Waals surface area contributed by atoms with Crippen LogP contribution in [0.2, 0.25) is 0 Å². The van der Waals surface area contributed by atoms with Crippen molar-refractivity contribution in [2.75, 3.05) is 43.4 Å². The van der Waals surface area contributed by atoms with Crippen LogP contribution in [0.1, 0.15) is 43.4 Å². The highest BCUT2D eigenvalue weighted by molar-refractivity contribution is 5.78. The zero-order valence-electron chi connectivity index (χ0n) is 18.5. The Balaban J connectivity index is 1.21. The normalized spacial score (nSPS) is 17.8. The molecule has 0 bridgehead atoms. The summed E-state index contributed by atoms with van der Waals surface area (Å²) in [7, 11) is 0.